The van der Waals surface area contributed by atoms with Crippen LogP contribution < -0.4 is 24.0 Å². The van der Waals surface area contributed by atoms with Crippen LogP contribution in [0.15, 0.2) is 30.3 Å². The molecule has 0 saturated carbocycles. The molecule has 2 aromatic rings. The van der Waals surface area contributed by atoms with Crippen molar-refractivity contribution >= 4 is 10.1 Å². The van der Waals surface area contributed by atoms with Gasteiger partial charge in [0.1, 0.15) is 0 Å². The first-order valence-corrected chi connectivity index (χ1v) is 11.3. The van der Waals surface area contributed by atoms with Gasteiger partial charge >= 0.3 is 29.5 Å². The molecule has 8 heteroatoms. The van der Waals surface area contributed by atoms with Crippen molar-refractivity contribution in [2.75, 3.05) is 0 Å². The summed E-state index contributed by atoms with van der Waals surface area (Å²) in [4.78, 5) is 0. The minimum absolute atomic E-state index is 0. The molecule has 2 rings (SSSR count). The fourth-order valence-electron chi connectivity index (χ4n) is 3.27. The maximum Gasteiger partial charge on any atom is 1.00 e. The molecular formula is C24H32F3IO3S. The van der Waals surface area contributed by atoms with Crippen molar-refractivity contribution < 1.29 is 50.1 Å². The van der Waals surface area contributed by atoms with E-state index in [9.17, 15) is 13.2 Å². The van der Waals surface area contributed by atoms with Crippen LogP contribution >= 0.6 is 0 Å². The molecule has 0 saturated heterocycles. The standard InChI is InChI=1S/C23H32.CHF3O3S.I/c1-15-10-16(2)21(17(3)11-15)18-12-19(22(4,5)6)14-20(13-18)23(7,8)9;2-1(3,4)8(5,6)7;/h10-14H,1-9H3;(H,5,6,7);/q;;+1/p-1. The maximum atomic E-state index is 10.7. The minimum Gasteiger partial charge on any atom is -0.741 e. The maximum absolute atomic E-state index is 10.7. The molecule has 0 atom stereocenters. The molecule has 0 amide bonds. The third-order valence-corrected chi connectivity index (χ3v) is 5.48. The van der Waals surface area contributed by atoms with Gasteiger partial charge in [0.15, 0.2) is 10.1 Å². The van der Waals surface area contributed by atoms with Gasteiger partial charge in [-0.25, -0.2) is 8.42 Å². The van der Waals surface area contributed by atoms with Crippen LogP contribution in [0.2, 0.25) is 0 Å². The molecule has 3 nitrogen and oxygen atoms in total. The Balaban J connectivity index is 0.000000917. The summed E-state index contributed by atoms with van der Waals surface area (Å²) in [7, 11) is -6.09. The monoisotopic (exact) mass is 584 g/mol. The molecule has 0 aliphatic heterocycles. The number of benzene rings is 2. The zero-order chi connectivity index (χ0) is 24.6. The topological polar surface area (TPSA) is 57.2 Å². The summed E-state index contributed by atoms with van der Waals surface area (Å²) in [6, 6.07) is 11.8. The SMILES string of the molecule is Cc1cc(C)c(-c2cc(C(C)(C)C)cc(C(C)(C)C)c2)c(C)c1.O=S(=O)([O-])C(F)(F)F.[I+]. The fourth-order valence-corrected chi connectivity index (χ4v) is 3.27. The van der Waals surface area contributed by atoms with Gasteiger partial charge in [-0.3, -0.25) is 0 Å². The number of alkyl halides is 3. The van der Waals surface area contributed by atoms with E-state index in [4.69, 9.17) is 13.0 Å². The van der Waals surface area contributed by atoms with Gasteiger partial charge < -0.3 is 4.55 Å². The summed E-state index contributed by atoms with van der Waals surface area (Å²) in [5.74, 6) is 0. The van der Waals surface area contributed by atoms with Gasteiger partial charge in [0.25, 0.3) is 0 Å². The van der Waals surface area contributed by atoms with Crippen LogP contribution in [0.25, 0.3) is 11.1 Å². The van der Waals surface area contributed by atoms with E-state index in [-0.39, 0.29) is 34.8 Å². The second kappa shape index (κ2) is 10.4. The Hall–Kier alpha value is -1.13. The van der Waals surface area contributed by atoms with Crippen LogP contribution in [0.1, 0.15) is 69.4 Å². The zero-order valence-electron chi connectivity index (χ0n) is 20.0. The van der Waals surface area contributed by atoms with Crippen LogP contribution in [-0.2, 0) is 20.9 Å². The molecule has 0 heterocycles. The molecule has 0 fully saturated rings. The lowest BCUT2D eigenvalue weighted by Gasteiger charge is -2.27. The van der Waals surface area contributed by atoms with E-state index in [1.54, 1.807) is 0 Å². The molecule has 32 heavy (non-hydrogen) atoms. The Labute approximate surface area is 207 Å². The van der Waals surface area contributed by atoms with E-state index in [1.807, 2.05) is 0 Å². The number of rotatable bonds is 1. The zero-order valence-corrected chi connectivity index (χ0v) is 23.0. The summed E-state index contributed by atoms with van der Waals surface area (Å²) < 4.78 is 58.9. The highest BCUT2D eigenvalue weighted by Crippen LogP contribution is 2.36. The normalized spacial score (nSPS) is 12.5. The molecule has 0 aliphatic carbocycles. The molecule has 0 bridgehead atoms. The Morgan fingerprint density at radius 2 is 1.03 bits per heavy atom. The van der Waals surface area contributed by atoms with Crippen molar-refractivity contribution in [3.8, 4) is 11.1 Å². The van der Waals surface area contributed by atoms with Crippen molar-refractivity contribution in [1.82, 2.24) is 0 Å². The van der Waals surface area contributed by atoms with Gasteiger partial charge in [-0.15, -0.1) is 0 Å². The van der Waals surface area contributed by atoms with Crippen molar-refractivity contribution in [3.05, 3.63) is 58.1 Å². The first kappa shape index (κ1) is 30.9. The third kappa shape index (κ3) is 8.33. The quantitative estimate of drug-likeness (QED) is 0.290. The summed E-state index contributed by atoms with van der Waals surface area (Å²) in [6.45, 7) is 20.4. The van der Waals surface area contributed by atoms with Gasteiger partial charge in [-0.05, 0) is 65.0 Å². The van der Waals surface area contributed by atoms with E-state index >= 15 is 0 Å². The molecular weight excluding hydrogens is 552 g/mol. The van der Waals surface area contributed by atoms with Crippen molar-refractivity contribution in [1.29, 1.82) is 0 Å². The third-order valence-electron chi connectivity index (χ3n) is 4.91. The van der Waals surface area contributed by atoms with E-state index < -0.39 is 15.6 Å². The first-order chi connectivity index (χ1) is 13.6. The Morgan fingerprint density at radius 3 is 1.28 bits per heavy atom. The van der Waals surface area contributed by atoms with Gasteiger partial charge in [0, 0.05) is 0 Å². The summed E-state index contributed by atoms with van der Waals surface area (Å²) in [5, 5.41) is 0. The molecule has 0 unspecified atom stereocenters. The van der Waals surface area contributed by atoms with Gasteiger partial charge in [-0.2, -0.15) is 13.2 Å². The van der Waals surface area contributed by atoms with E-state index in [2.05, 4.69) is 92.6 Å². The van der Waals surface area contributed by atoms with Crippen molar-refractivity contribution in [2.45, 2.75) is 78.7 Å². The lowest BCUT2D eigenvalue weighted by Crippen LogP contribution is -3.00. The second-order valence-corrected chi connectivity index (χ2v) is 11.3. The van der Waals surface area contributed by atoms with Gasteiger partial charge in [-0.1, -0.05) is 77.4 Å². The van der Waals surface area contributed by atoms with Crippen LogP contribution in [0.4, 0.5) is 13.2 Å². The van der Waals surface area contributed by atoms with E-state index in [0.29, 0.717) is 0 Å². The van der Waals surface area contributed by atoms with Gasteiger partial charge in [0.05, 0.1) is 0 Å². The van der Waals surface area contributed by atoms with Crippen LogP contribution in [-0.4, -0.2) is 18.5 Å². The predicted octanol–water partition coefficient (Wildman–Crippen LogP) is 3.93. The number of halogens is 4. The number of hydrogen-bond acceptors (Lipinski definition) is 3. The summed E-state index contributed by atoms with van der Waals surface area (Å²) in [6.07, 6.45) is 0. The van der Waals surface area contributed by atoms with Crippen LogP contribution in [0.3, 0.4) is 0 Å². The predicted molar refractivity (Wildman–Crippen MR) is 119 cm³/mol. The lowest BCUT2D eigenvalue weighted by atomic mass is 9.78. The average Bonchev–Trinajstić information content (AvgIpc) is 2.50. The summed E-state index contributed by atoms with van der Waals surface area (Å²) in [5.41, 5.74) is 4.33. The lowest BCUT2D eigenvalue weighted by molar-refractivity contribution is -0.0518. The highest BCUT2D eigenvalue weighted by molar-refractivity contribution is 7.86. The Kier molecular flexibility index (Phi) is 10.1. The van der Waals surface area contributed by atoms with E-state index in [1.165, 1.54) is 38.9 Å². The first-order valence-electron chi connectivity index (χ1n) is 9.91. The molecule has 0 spiro atoms. The highest BCUT2D eigenvalue weighted by Gasteiger charge is 2.36. The number of hydrogen-bond donors (Lipinski definition) is 0. The fraction of sp³-hybridized carbons (Fsp3) is 0.500. The molecule has 0 N–H and O–H groups in total. The highest BCUT2D eigenvalue weighted by atomic mass is 127. The van der Waals surface area contributed by atoms with Crippen molar-refractivity contribution in [2.24, 2.45) is 0 Å². The second-order valence-electron chi connectivity index (χ2n) is 9.97. The minimum atomic E-state index is -6.09. The molecule has 0 aromatic heterocycles. The Bertz CT molecular complexity index is 990. The average molecular weight is 584 g/mol. The molecule has 0 aliphatic rings. The van der Waals surface area contributed by atoms with Gasteiger partial charge in [0.2, 0.25) is 0 Å². The molecule has 2 radical (unpaired) electrons. The molecule has 180 valence electrons. The van der Waals surface area contributed by atoms with E-state index in [0.717, 1.165) is 0 Å². The summed E-state index contributed by atoms with van der Waals surface area (Å²) >= 11 is 0. The van der Waals surface area contributed by atoms with Crippen LogP contribution in [0, 0.1) is 20.8 Å². The number of aryl methyl sites for hydroxylation is 3. The molecule has 2 aromatic carbocycles. The Morgan fingerprint density at radius 1 is 0.719 bits per heavy atom. The largest absolute Gasteiger partial charge is 1.00 e. The van der Waals surface area contributed by atoms with Crippen molar-refractivity contribution in [3.63, 3.8) is 0 Å². The smallest absolute Gasteiger partial charge is 0.741 e. The van der Waals surface area contributed by atoms with Crippen LogP contribution in [0.5, 0.6) is 0 Å².